The molecule has 0 aliphatic heterocycles. The number of halogens is 4. The Morgan fingerprint density at radius 2 is 1.89 bits per heavy atom. The number of aromatic nitrogens is 7. The summed E-state index contributed by atoms with van der Waals surface area (Å²) in [5.41, 5.74) is 4.46. The third-order valence-electron chi connectivity index (χ3n) is 5.25. The number of benzene rings is 1. The summed E-state index contributed by atoms with van der Waals surface area (Å²) in [6.45, 7) is 0.0333. The first kappa shape index (κ1) is 26.8. The molecule has 4 rings (SSSR count). The third-order valence-corrected chi connectivity index (χ3v) is 5.50. The fraction of sp³-hybridized carbons (Fsp3) is 0.273. The van der Waals surface area contributed by atoms with Crippen LogP contribution in [0.15, 0.2) is 53.5 Å². The van der Waals surface area contributed by atoms with Gasteiger partial charge < -0.3 is 15.6 Å². The van der Waals surface area contributed by atoms with Crippen molar-refractivity contribution in [2.45, 2.75) is 38.4 Å². The number of alkyl halides is 3. The number of rotatable bonds is 8. The van der Waals surface area contributed by atoms with Crippen molar-refractivity contribution < 1.29 is 27.8 Å². The SMILES string of the molecule is CC(OC(N)=O)c1nc(Cn2nc(-c3ccc(Cl)cc3)n(C[C@H](O)C(F)(F)F)c2=O)nn1-c1ccccn1. The number of primary amides is 1. The Balaban J connectivity index is 1.77. The molecular weight excluding hydrogens is 533 g/mol. The Morgan fingerprint density at radius 1 is 1.18 bits per heavy atom. The Kier molecular flexibility index (Phi) is 7.50. The van der Waals surface area contributed by atoms with Crippen molar-refractivity contribution in [3.8, 4) is 17.2 Å². The van der Waals surface area contributed by atoms with Crippen molar-refractivity contribution in [1.29, 1.82) is 0 Å². The van der Waals surface area contributed by atoms with E-state index in [-0.39, 0.29) is 29.6 Å². The molecule has 0 aliphatic rings. The quantitative estimate of drug-likeness (QED) is 0.337. The molecule has 0 fully saturated rings. The highest BCUT2D eigenvalue weighted by Crippen LogP contribution is 2.24. The van der Waals surface area contributed by atoms with E-state index in [2.05, 4.69) is 20.2 Å². The van der Waals surface area contributed by atoms with Crippen LogP contribution in [0.25, 0.3) is 17.2 Å². The summed E-state index contributed by atoms with van der Waals surface area (Å²) in [5, 5.41) is 18.5. The van der Waals surface area contributed by atoms with Gasteiger partial charge in [-0.05, 0) is 43.3 Å². The molecule has 0 radical (unpaired) electrons. The van der Waals surface area contributed by atoms with Crippen LogP contribution >= 0.6 is 11.6 Å². The molecule has 0 saturated carbocycles. The van der Waals surface area contributed by atoms with Crippen molar-refractivity contribution in [2.24, 2.45) is 5.73 Å². The van der Waals surface area contributed by atoms with Crippen LogP contribution in [0.2, 0.25) is 5.02 Å². The van der Waals surface area contributed by atoms with E-state index in [1.54, 1.807) is 18.2 Å². The molecule has 2 atom stereocenters. The zero-order chi connectivity index (χ0) is 27.6. The van der Waals surface area contributed by atoms with Gasteiger partial charge in [0.2, 0.25) is 0 Å². The molecule has 38 heavy (non-hydrogen) atoms. The molecule has 3 heterocycles. The number of aliphatic hydroxyl groups is 1. The lowest BCUT2D eigenvalue weighted by Gasteiger charge is -2.15. The maximum absolute atomic E-state index is 13.1. The van der Waals surface area contributed by atoms with E-state index < -0.39 is 36.7 Å². The second-order valence-corrected chi connectivity index (χ2v) is 8.44. The van der Waals surface area contributed by atoms with Crippen LogP contribution in [0.4, 0.5) is 18.0 Å². The number of nitrogens with zero attached hydrogens (tertiary/aromatic N) is 7. The largest absolute Gasteiger partial charge is 0.438 e. The van der Waals surface area contributed by atoms with Crippen LogP contribution < -0.4 is 11.4 Å². The predicted octanol–water partition coefficient (Wildman–Crippen LogP) is 2.47. The van der Waals surface area contributed by atoms with Crippen molar-refractivity contribution >= 4 is 17.7 Å². The summed E-state index contributed by atoms with van der Waals surface area (Å²) in [7, 11) is 0. The number of carbonyl (C=O) groups is 1. The molecule has 200 valence electrons. The van der Waals surface area contributed by atoms with Crippen LogP contribution in [-0.2, 0) is 17.8 Å². The number of ether oxygens (including phenoxy) is 1. The Bertz CT molecular complexity index is 1490. The van der Waals surface area contributed by atoms with E-state index >= 15 is 0 Å². The lowest BCUT2D eigenvalue weighted by Crippen LogP contribution is -2.37. The second-order valence-electron chi connectivity index (χ2n) is 8.00. The minimum Gasteiger partial charge on any atom is -0.438 e. The molecule has 0 saturated heterocycles. The smallest absolute Gasteiger partial charge is 0.416 e. The van der Waals surface area contributed by atoms with E-state index in [1.807, 2.05) is 0 Å². The number of amides is 1. The van der Waals surface area contributed by atoms with Gasteiger partial charge in [0, 0.05) is 16.8 Å². The highest BCUT2D eigenvalue weighted by Gasteiger charge is 2.39. The van der Waals surface area contributed by atoms with Gasteiger partial charge >= 0.3 is 18.0 Å². The molecule has 1 unspecified atom stereocenters. The van der Waals surface area contributed by atoms with E-state index in [0.717, 1.165) is 4.68 Å². The van der Waals surface area contributed by atoms with Gasteiger partial charge in [0.15, 0.2) is 35.5 Å². The maximum Gasteiger partial charge on any atom is 0.416 e. The highest BCUT2D eigenvalue weighted by molar-refractivity contribution is 6.30. The summed E-state index contributed by atoms with van der Waals surface area (Å²) < 4.78 is 47.1. The standard InChI is InChI=1S/C22H20ClF3N8O4/c1-12(38-20(27)36)18-29-16(30-34(18)17-4-2-3-9-28-17)11-33-21(37)32(10-15(35)22(24,25)26)19(31-33)13-5-7-14(23)8-6-13/h2-9,12,15,35H,10-11H2,1H3,(H2,27,36)/t12?,15-/m0/s1. The molecule has 12 nitrogen and oxygen atoms in total. The fourth-order valence-electron chi connectivity index (χ4n) is 3.50. The summed E-state index contributed by atoms with van der Waals surface area (Å²) in [4.78, 5) is 32.9. The Morgan fingerprint density at radius 3 is 2.50 bits per heavy atom. The molecular formula is C22H20ClF3N8O4. The van der Waals surface area contributed by atoms with E-state index in [1.165, 1.54) is 42.1 Å². The first-order valence-corrected chi connectivity index (χ1v) is 11.3. The third kappa shape index (κ3) is 5.84. The molecule has 1 amide bonds. The molecule has 3 aromatic heterocycles. The minimum atomic E-state index is -4.96. The van der Waals surface area contributed by atoms with E-state index in [0.29, 0.717) is 15.4 Å². The Labute approximate surface area is 217 Å². The lowest BCUT2D eigenvalue weighted by atomic mass is 10.2. The lowest BCUT2D eigenvalue weighted by molar-refractivity contribution is -0.207. The van der Waals surface area contributed by atoms with Gasteiger partial charge in [-0.15, -0.1) is 10.2 Å². The van der Waals surface area contributed by atoms with Crippen LogP contribution in [-0.4, -0.2) is 57.6 Å². The number of hydrogen-bond acceptors (Lipinski definition) is 8. The predicted molar refractivity (Wildman–Crippen MR) is 126 cm³/mol. The summed E-state index contributed by atoms with van der Waals surface area (Å²) in [6.07, 6.45) is -8.30. The maximum atomic E-state index is 13.1. The molecule has 16 heteroatoms. The number of aliphatic hydroxyl groups excluding tert-OH is 1. The summed E-state index contributed by atoms with van der Waals surface area (Å²) >= 11 is 5.91. The monoisotopic (exact) mass is 552 g/mol. The fourth-order valence-corrected chi connectivity index (χ4v) is 3.63. The van der Waals surface area contributed by atoms with E-state index in [4.69, 9.17) is 22.1 Å². The van der Waals surface area contributed by atoms with Gasteiger partial charge in [-0.2, -0.15) is 17.9 Å². The zero-order valence-corrected chi connectivity index (χ0v) is 20.3. The first-order valence-electron chi connectivity index (χ1n) is 11.0. The number of nitrogens with two attached hydrogens (primary N) is 1. The van der Waals surface area contributed by atoms with Crippen molar-refractivity contribution in [3.05, 3.63) is 75.8 Å². The number of hydrogen-bond donors (Lipinski definition) is 2. The average molecular weight is 553 g/mol. The van der Waals surface area contributed by atoms with Crippen LogP contribution in [0.1, 0.15) is 24.7 Å². The van der Waals surface area contributed by atoms with Crippen LogP contribution in [0.3, 0.4) is 0 Å². The van der Waals surface area contributed by atoms with Crippen LogP contribution in [0.5, 0.6) is 0 Å². The molecule has 4 aromatic rings. The summed E-state index contributed by atoms with van der Waals surface area (Å²) in [6, 6.07) is 10.9. The molecule has 0 bridgehead atoms. The zero-order valence-electron chi connectivity index (χ0n) is 19.6. The average Bonchev–Trinajstić information content (AvgIpc) is 3.41. The van der Waals surface area contributed by atoms with Gasteiger partial charge in [-0.1, -0.05) is 17.7 Å². The van der Waals surface area contributed by atoms with Gasteiger partial charge in [0.25, 0.3) is 0 Å². The van der Waals surface area contributed by atoms with Gasteiger partial charge in [0.1, 0.15) is 6.54 Å². The van der Waals surface area contributed by atoms with Crippen molar-refractivity contribution in [3.63, 3.8) is 0 Å². The van der Waals surface area contributed by atoms with Gasteiger partial charge in [-0.3, -0.25) is 4.57 Å². The topological polar surface area (TPSA) is 156 Å². The van der Waals surface area contributed by atoms with Crippen LogP contribution in [0, 0.1) is 0 Å². The Hall–Kier alpha value is -4.24. The molecule has 0 spiro atoms. The van der Waals surface area contributed by atoms with Crippen molar-refractivity contribution in [2.75, 3.05) is 0 Å². The van der Waals surface area contributed by atoms with Gasteiger partial charge in [0.05, 0.1) is 6.54 Å². The van der Waals surface area contributed by atoms with E-state index in [9.17, 15) is 27.9 Å². The number of carbonyl (C=O) groups excluding carboxylic acids is 1. The molecule has 0 aliphatic carbocycles. The second kappa shape index (κ2) is 10.6. The summed E-state index contributed by atoms with van der Waals surface area (Å²) in [5.74, 6) is 0.311. The molecule has 3 N–H and O–H groups in total. The van der Waals surface area contributed by atoms with Gasteiger partial charge in [-0.25, -0.2) is 24.2 Å². The minimum absolute atomic E-state index is 0.0105. The normalized spacial score (nSPS) is 13.3. The molecule has 1 aromatic carbocycles. The highest BCUT2D eigenvalue weighted by atomic mass is 35.5. The number of pyridine rings is 1. The van der Waals surface area contributed by atoms with Crippen molar-refractivity contribution in [1.82, 2.24) is 34.1 Å². The first-order chi connectivity index (χ1) is 17.9.